The summed E-state index contributed by atoms with van der Waals surface area (Å²) in [6, 6.07) is 29.7. The van der Waals surface area contributed by atoms with Crippen molar-refractivity contribution in [2.75, 3.05) is 0 Å². The van der Waals surface area contributed by atoms with Crippen LogP contribution in [0.15, 0.2) is 88.7 Å². The largest absolute Gasteiger partial charge is 0.310 e. The molecule has 0 bridgehead atoms. The van der Waals surface area contributed by atoms with E-state index in [-0.39, 0.29) is 12.1 Å². The molecule has 0 spiro atoms. The first kappa shape index (κ1) is 17.7. The summed E-state index contributed by atoms with van der Waals surface area (Å²) in [5, 5.41) is 2.70. The van der Waals surface area contributed by atoms with Crippen LogP contribution in [0.2, 0.25) is 0 Å². The van der Waals surface area contributed by atoms with Gasteiger partial charge in [0.15, 0.2) is 0 Å². The fourth-order valence-corrected chi connectivity index (χ4v) is 6.75. The first-order chi connectivity index (χ1) is 15.0. The van der Waals surface area contributed by atoms with Crippen LogP contribution in [0.3, 0.4) is 0 Å². The molecule has 0 saturated heterocycles. The van der Waals surface area contributed by atoms with Crippen LogP contribution in [0.4, 0.5) is 0 Å². The topological polar surface area (TPSA) is 4.93 Å². The van der Waals surface area contributed by atoms with E-state index in [9.17, 15) is 0 Å². The molecular formula is C28H22BNS. The minimum Gasteiger partial charge on any atom is -0.310 e. The predicted octanol–water partition coefficient (Wildman–Crippen LogP) is 5.38. The Labute approximate surface area is 187 Å². The van der Waals surface area contributed by atoms with Crippen molar-refractivity contribution in [1.29, 1.82) is 0 Å². The summed E-state index contributed by atoms with van der Waals surface area (Å²) in [7, 11) is 0. The Kier molecular flexibility index (Phi) is 3.36. The minimum atomic E-state index is 0.0948. The number of hydrogen-bond donors (Lipinski definition) is 0. The molecule has 31 heavy (non-hydrogen) atoms. The molecular weight excluding hydrogens is 393 g/mol. The number of aromatic nitrogens is 1. The van der Waals surface area contributed by atoms with E-state index in [1.165, 1.54) is 59.2 Å². The zero-order chi connectivity index (χ0) is 20.9. The molecule has 0 radical (unpaired) electrons. The molecule has 0 amide bonds. The number of hydrogen-bond acceptors (Lipinski definition) is 1. The lowest BCUT2D eigenvalue weighted by Gasteiger charge is -2.35. The Balaban J connectivity index is 1.73. The molecule has 2 aliphatic rings. The first-order valence-corrected chi connectivity index (χ1v) is 11.8. The number of rotatable bonds is 0. The monoisotopic (exact) mass is 415 g/mol. The highest BCUT2D eigenvalue weighted by Crippen LogP contribution is 2.40. The second-order valence-corrected chi connectivity index (χ2v) is 10.9. The summed E-state index contributed by atoms with van der Waals surface area (Å²) in [5.41, 5.74) is 9.87. The third-order valence-corrected chi connectivity index (χ3v) is 8.15. The maximum Gasteiger partial charge on any atom is 0.249 e. The summed E-state index contributed by atoms with van der Waals surface area (Å²) < 4.78 is 2.54. The lowest BCUT2D eigenvalue weighted by molar-refractivity contribution is 0.588. The van der Waals surface area contributed by atoms with Crippen molar-refractivity contribution in [3.63, 3.8) is 0 Å². The smallest absolute Gasteiger partial charge is 0.249 e. The lowest BCUT2D eigenvalue weighted by atomic mass is 9.35. The molecule has 3 heterocycles. The van der Waals surface area contributed by atoms with Crippen LogP contribution in [0.5, 0.6) is 0 Å². The number of nitrogens with zero attached hydrogens (tertiary/aromatic N) is 1. The van der Waals surface area contributed by atoms with Crippen molar-refractivity contribution in [1.82, 2.24) is 4.57 Å². The van der Waals surface area contributed by atoms with E-state index < -0.39 is 0 Å². The zero-order valence-corrected chi connectivity index (χ0v) is 18.8. The van der Waals surface area contributed by atoms with Gasteiger partial charge in [-0.2, -0.15) is 0 Å². The van der Waals surface area contributed by atoms with Crippen LogP contribution in [0.1, 0.15) is 26.3 Å². The van der Waals surface area contributed by atoms with Crippen LogP contribution in [-0.2, 0) is 5.41 Å². The maximum absolute atomic E-state index is 2.54. The highest BCUT2D eigenvalue weighted by atomic mass is 32.2. The van der Waals surface area contributed by atoms with Crippen molar-refractivity contribution in [3.8, 4) is 5.69 Å². The van der Waals surface area contributed by atoms with Gasteiger partial charge in [-0.15, -0.1) is 0 Å². The molecule has 0 aliphatic carbocycles. The van der Waals surface area contributed by atoms with Crippen LogP contribution in [-0.4, -0.2) is 11.3 Å². The molecule has 1 nitrogen and oxygen atoms in total. The van der Waals surface area contributed by atoms with Crippen molar-refractivity contribution < 1.29 is 0 Å². The van der Waals surface area contributed by atoms with Crippen LogP contribution < -0.4 is 16.4 Å². The van der Waals surface area contributed by atoms with E-state index in [0.29, 0.717) is 0 Å². The third-order valence-electron chi connectivity index (χ3n) is 7.00. The number of fused-ring (bicyclic) bond motifs is 7. The van der Waals surface area contributed by atoms with Crippen LogP contribution in [0.25, 0.3) is 27.5 Å². The van der Waals surface area contributed by atoms with Gasteiger partial charge in [0.2, 0.25) is 6.71 Å². The van der Waals surface area contributed by atoms with E-state index in [0.717, 1.165) is 0 Å². The molecule has 0 N–H and O–H groups in total. The summed E-state index contributed by atoms with van der Waals surface area (Å²) in [4.78, 5) is 2.80. The molecule has 1 aromatic heterocycles. The van der Waals surface area contributed by atoms with E-state index in [1.807, 2.05) is 11.8 Å². The van der Waals surface area contributed by atoms with Gasteiger partial charge in [0.05, 0.1) is 5.52 Å². The summed E-state index contributed by atoms with van der Waals surface area (Å²) in [6.45, 7) is 7.25. The SMILES string of the molecule is CC(C)(C)c1cc2c3c(c1)-n1c4ccccc4c4cccc(c41)B3c1ccccc1S2. The Morgan fingerprint density at radius 2 is 1.48 bits per heavy atom. The van der Waals surface area contributed by atoms with Gasteiger partial charge in [-0.05, 0) is 46.2 Å². The van der Waals surface area contributed by atoms with E-state index >= 15 is 0 Å². The normalized spacial score (nSPS) is 14.1. The van der Waals surface area contributed by atoms with Crippen molar-refractivity contribution in [3.05, 3.63) is 84.4 Å². The van der Waals surface area contributed by atoms with Crippen molar-refractivity contribution >= 4 is 56.7 Å². The molecule has 0 fully saturated rings. The fourth-order valence-electron chi connectivity index (χ4n) is 5.54. The van der Waals surface area contributed by atoms with Gasteiger partial charge < -0.3 is 4.57 Å². The van der Waals surface area contributed by atoms with Gasteiger partial charge in [-0.1, -0.05) is 92.6 Å². The standard InChI is InChI=1S/C28H22BNS/c1-28(2,3)17-15-23-26-25(16-17)31-24-14-7-5-11-20(24)29(26)21-12-8-10-19-18-9-4-6-13-22(18)30(23)27(19)21/h4-16H,1-3H3. The summed E-state index contributed by atoms with van der Waals surface area (Å²) in [5.74, 6) is 0. The summed E-state index contributed by atoms with van der Waals surface area (Å²) >= 11 is 1.94. The van der Waals surface area contributed by atoms with Crippen molar-refractivity contribution in [2.45, 2.75) is 36.0 Å². The summed E-state index contributed by atoms with van der Waals surface area (Å²) in [6.07, 6.45) is 0. The molecule has 3 heteroatoms. The number of benzene rings is 4. The highest BCUT2D eigenvalue weighted by molar-refractivity contribution is 8.00. The Hall–Kier alpha value is -2.91. The second kappa shape index (κ2) is 5.86. The lowest BCUT2D eigenvalue weighted by Crippen LogP contribution is -2.58. The molecule has 148 valence electrons. The zero-order valence-electron chi connectivity index (χ0n) is 17.9. The number of para-hydroxylation sites is 2. The minimum absolute atomic E-state index is 0.0948. The van der Waals surface area contributed by atoms with Gasteiger partial charge >= 0.3 is 0 Å². The maximum atomic E-state index is 2.54. The molecule has 0 saturated carbocycles. The Morgan fingerprint density at radius 1 is 0.742 bits per heavy atom. The van der Waals surface area contributed by atoms with Gasteiger partial charge in [0, 0.05) is 31.8 Å². The van der Waals surface area contributed by atoms with E-state index in [4.69, 9.17) is 0 Å². The van der Waals surface area contributed by atoms with Gasteiger partial charge in [-0.25, -0.2) is 0 Å². The van der Waals surface area contributed by atoms with Crippen molar-refractivity contribution in [2.24, 2.45) is 0 Å². The van der Waals surface area contributed by atoms with Gasteiger partial charge in [-0.3, -0.25) is 0 Å². The molecule has 5 aromatic rings. The molecule has 4 aromatic carbocycles. The molecule has 0 unspecified atom stereocenters. The Bertz CT molecular complexity index is 1550. The molecule has 7 rings (SSSR count). The fraction of sp³-hybridized carbons (Fsp3) is 0.143. The third kappa shape index (κ3) is 2.25. The predicted molar refractivity (Wildman–Crippen MR) is 135 cm³/mol. The van der Waals surface area contributed by atoms with E-state index in [1.54, 1.807) is 0 Å². The van der Waals surface area contributed by atoms with Gasteiger partial charge in [0.25, 0.3) is 0 Å². The molecule has 2 aliphatic heterocycles. The average molecular weight is 415 g/mol. The van der Waals surface area contributed by atoms with Crippen LogP contribution in [0, 0.1) is 0 Å². The first-order valence-electron chi connectivity index (χ1n) is 11.0. The van der Waals surface area contributed by atoms with Gasteiger partial charge in [0.1, 0.15) is 0 Å². The average Bonchev–Trinajstić information content (AvgIpc) is 3.11. The molecule has 0 atom stereocenters. The highest BCUT2D eigenvalue weighted by Gasteiger charge is 2.39. The Morgan fingerprint density at radius 3 is 2.35 bits per heavy atom. The second-order valence-electron chi connectivity index (χ2n) is 9.83. The van der Waals surface area contributed by atoms with Crippen LogP contribution >= 0.6 is 11.8 Å². The quantitative estimate of drug-likeness (QED) is 0.301. The van der Waals surface area contributed by atoms with E-state index in [2.05, 4.69) is 104 Å².